The monoisotopic (exact) mass is 408 g/mol. The van der Waals surface area contributed by atoms with E-state index in [-0.39, 0.29) is 0 Å². The molecule has 0 spiro atoms. The predicted octanol–water partition coefficient (Wildman–Crippen LogP) is 8.07. The first-order chi connectivity index (χ1) is 14.3. The molecule has 0 saturated heterocycles. The molecule has 0 aliphatic rings. The van der Waals surface area contributed by atoms with Crippen molar-refractivity contribution in [2.45, 2.75) is 0 Å². The van der Waals surface area contributed by atoms with Gasteiger partial charge in [-0.2, -0.15) is 0 Å². The van der Waals surface area contributed by atoms with Crippen molar-refractivity contribution in [3.63, 3.8) is 0 Å². The maximum absolute atomic E-state index is 4.85. The molecule has 138 valence electrons. The third kappa shape index (κ3) is 2.89. The lowest BCUT2D eigenvalue weighted by Gasteiger charge is -2.11. The van der Waals surface area contributed by atoms with Crippen LogP contribution in [0.1, 0.15) is 0 Å². The molecule has 29 heavy (non-hydrogen) atoms. The van der Waals surface area contributed by atoms with Gasteiger partial charge in [0.2, 0.25) is 0 Å². The van der Waals surface area contributed by atoms with Gasteiger partial charge in [-0.3, -0.25) is 0 Å². The highest BCUT2D eigenvalue weighted by molar-refractivity contribution is 7.25. The van der Waals surface area contributed by atoms with Gasteiger partial charge in [0.05, 0.1) is 10.2 Å². The van der Waals surface area contributed by atoms with E-state index in [1.165, 1.54) is 24.9 Å². The largest absolute Gasteiger partial charge is 0.355 e. The fourth-order valence-corrected chi connectivity index (χ4v) is 5.82. The van der Waals surface area contributed by atoms with Crippen molar-refractivity contribution in [2.24, 2.45) is 0 Å². The Kier molecular flexibility index (Phi) is 3.86. The Morgan fingerprint density at radius 2 is 1.38 bits per heavy atom. The highest BCUT2D eigenvalue weighted by Crippen LogP contribution is 2.38. The Bertz CT molecular complexity index is 1460. The molecular weight excluding hydrogens is 392 g/mol. The standard InChI is InChI=1S/C25H16N2S2/c1-3-9-20(18(8-1)25-27-21-10-4-6-12-24(21)29-25)26-16-13-14-23-19(15-16)17-7-2-5-11-22(17)28-23/h1-15,26H. The quantitative estimate of drug-likeness (QED) is 0.320. The number of anilines is 2. The van der Waals surface area contributed by atoms with Crippen LogP contribution in [0.3, 0.4) is 0 Å². The molecule has 0 fully saturated rings. The molecule has 2 heterocycles. The summed E-state index contributed by atoms with van der Waals surface area (Å²) >= 11 is 3.57. The summed E-state index contributed by atoms with van der Waals surface area (Å²) < 4.78 is 3.86. The first-order valence-corrected chi connectivity index (χ1v) is 11.1. The minimum Gasteiger partial charge on any atom is -0.355 e. The predicted molar refractivity (Wildman–Crippen MR) is 128 cm³/mol. The first-order valence-electron chi connectivity index (χ1n) is 9.48. The summed E-state index contributed by atoms with van der Waals surface area (Å²) in [5, 5.41) is 7.29. The number of thiophene rings is 1. The maximum Gasteiger partial charge on any atom is 0.126 e. The number of rotatable bonds is 3. The van der Waals surface area contributed by atoms with Gasteiger partial charge in [0.25, 0.3) is 0 Å². The highest BCUT2D eigenvalue weighted by Gasteiger charge is 2.11. The van der Waals surface area contributed by atoms with E-state index in [0.29, 0.717) is 0 Å². The summed E-state index contributed by atoms with van der Waals surface area (Å²) in [6, 6.07) is 31.9. The van der Waals surface area contributed by atoms with E-state index in [2.05, 4.69) is 90.2 Å². The number of aromatic nitrogens is 1. The van der Waals surface area contributed by atoms with E-state index in [1.807, 2.05) is 17.4 Å². The smallest absolute Gasteiger partial charge is 0.126 e. The van der Waals surface area contributed by atoms with Crippen LogP contribution in [0, 0.1) is 0 Å². The zero-order valence-corrected chi connectivity index (χ0v) is 17.1. The van der Waals surface area contributed by atoms with Gasteiger partial charge in [0.15, 0.2) is 0 Å². The molecule has 2 nitrogen and oxygen atoms in total. The van der Waals surface area contributed by atoms with Crippen LogP contribution in [-0.4, -0.2) is 4.98 Å². The topological polar surface area (TPSA) is 24.9 Å². The molecule has 0 atom stereocenters. The molecule has 4 aromatic carbocycles. The van der Waals surface area contributed by atoms with Gasteiger partial charge in [-0.25, -0.2) is 4.98 Å². The Hall–Kier alpha value is -3.21. The lowest BCUT2D eigenvalue weighted by Crippen LogP contribution is -1.92. The second kappa shape index (κ2) is 6.69. The fourth-order valence-electron chi connectivity index (χ4n) is 3.73. The van der Waals surface area contributed by atoms with Crippen LogP contribution in [0.25, 0.3) is 41.0 Å². The SMILES string of the molecule is c1ccc(-c2nc3ccccc3s2)c(Nc2ccc3sc4ccccc4c3c2)c1. The van der Waals surface area contributed by atoms with Crippen LogP contribution in [0.15, 0.2) is 91.0 Å². The van der Waals surface area contributed by atoms with Gasteiger partial charge < -0.3 is 5.32 Å². The van der Waals surface area contributed by atoms with Crippen LogP contribution in [0.5, 0.6) is 0 Å². The Labute approximate surface area is 176 Å². The molecule has 0 unspecified atom stereocenters. The van der Waals surface area contributed by atoms with Gasteiger partial charge >= 0.3 is 0 Å². The summed E-state index contributed by atoms with van der Waals surface area (Å²) in [5.41, 5.74) is 4.34. The van der Waals surface area contributed by atoms with E-state index >= 15 is 0 Å². The summed E-state index contributed by atoms with van der Waals surface area (Å²) in [7, 11) is 0. The van der Waals surface area contributed by atoms with Gasteiger partial charge in [-0.1, -0.05) is 42.5 Å². The molecule has 1 N–H and O–H groups in total. The number of hydrogen-bond donors (Lipinski definition) is 1. The van der Waals surface area contributed by atoms with Gasteiger partial charge in [-0.15, -0.1) is 22.7 Å². The number of para-hydroxylation sites is 2. The van der Waals surface area contributed by atoms with Crippen molar-refractivity contribution in [2.75, 3.05) is 5.32 Å². The van der Waals surface area contributed by atoms with Crippen molar-refractivity contribution in [1.29, 1.82) is 0 Å². The lowest BCUT2D eigenvalue weighted by atomic mass is 10.1. The van der Waals surface area contributed by atoms with Crippen molar-refractivity contribution >= 4 is 64.4 Å². The number of benzene rings is 4. The van der Waals surface area contributed by atoms with Crippen LogP contribution in [0.2, 0.25) is 0 Å². The molecular formula is C25H16N2S2. The van der Waals surface area contributed by atoms with E-state index in [0.717, 1.165) is 27.5 Å². The molecule has 0 amide bonds. The number of hydrogen-bond acceptors (Lipinski definition) is 4. The van der Waals surface area contributed by atoms with Crippen molar-refractivity contribution < 1.29 is 0 Å². The molecule has 0 saturated carbocycles. The normalized spacial score (nSPS) is 11.4. The minimum atomic E-state index is 1.04. The molecule has 6 rings (SSSR count). The lowest BCUT2D eigenvalue weighted by molar-refractivity contribution is 1.46. The first kappa shape index (κ1) is 16.7. The number of thiazole rings is 1. The zero-order valence-electron chi connectivity index (χ0n) is 15.4. The Morgan fingerprint density at radius 3 is 2.31 bits per heavy atom. The Morgan fingerprint density at radius 1 is 0.621 bits per heavy atom. The second-order valence-electron chi connectivity index (χ2n) is 6.97. The molecule has 2 aromatic heterocycles. The summed E-state index contributed by atoms with van der Waals surface area (Å²) in [6.45, 7) is 0. The maximum atomic E-state index is 4.85. The van der Waals surface area contributed by atoms with Crippen LogP contribution in [-0.2, 0) is 0 Å². The zero-order chi connectivity index (χ0) is 19.2. The van der Waals surface area contributed by atoms with Crippen molar-refractivity contribution in [3.8, 4) is 10.6 Å². The van der Waals surface area contributed by atoms with E-state index in [1.54, 1.807) is 11.3 Å². The van der Waals surface area contributed by atoms with Crippen molar-refractivity contribution in [3.05, 3.63) is 91.0 Å². The molecule has 0 radical (unpaired) electrons. The highest BCUT2D eigenvalue weighted by atomic mass is 32.1. The molecule has 6 aromatic rings. The molecule has 0 aliphatic heterocycles. The summed E-state index contributed by atoms with van der Waals surface area (Å²) in [5.74, 6) is 0. The van der Waals surface area contributed by atoms with E-state index < -0.39 is 0 Å². The van der Waals surface area contributed by atoms with Crippen LogP contribution < -0.4 is 5.32 Å². The third-order valence-corrected chi connectivity index (χ3v) is 7.33. The second-order valence-corrected chi connectivity index (χ2v) is 9.08. The van der Waals surface area contributed by atoms with Gasteiger partial charge in [-0.05, 0) is 48.5 Å². The molecule has 0 aliphatic carbocycles. The van der Waals surface area contributed by atoms with E-state index in [9.17, 15) is 0 Å². The number of fused-ring (bicyclic) bond motifs is 4. The number of nitrogens with one attached hydrogen (secondary N) is 1. The Balaban J connectivity index is 1.44. The van der Waals surface area contributed by atoms with Crippen LogP contribution in [0.4, 0.5) is 11.4 Å². The third-order valence-electron chi connectivity index (χ3n) is 5.11. The minimum absolute atomic E-state index is 1.04. The summed E-state index contributed by atoms with van der Waals surface area (Å²) in [6.07, 6.45) is 0. The molecule has 0 bridgehead atoms. The van der Waals surface area contributed by atoms with Gasteiger partial charge in [0.1, 0.15) is 5.01 Å². The van der Waals surface area contributed by atoms with Crippen molar-refractivity contribution in [1.82, 2.24) is 4.98 Å². The average Bonchev–Trinajstić information content (AvgIpc) is 3.35. The average molecular weight is 409 g/mol. The van der Waals surface area contributed by atoms with E-state index in [4.69, 9.17) is 4.98 Å². The fraction of sp³-hybridized carbons (Fsp3) is 0. The number of nitrogens with zero attached hydrogens (tertiary/aromatic N) is 1. The van der Waals surface area contributed by atoms with Crippen LogP contribution >= 0.6 is 22.7 Å². The summed E-state index contributed by atoms with van der Waals surface area (Å²) in [4.78, 5) is 4.85. The molecule has 4 heteroatoms. The van der Waals surface area contributed by atoms with Gasteiger partial charge in [0, 0.05) is 37.1 Å².